The summed E-state index contributed by atoms with van der Waals surface area (Å²) in [7, 11) is 0. The number of fused-ring (bicyclic) bond motifs is 6. The molecule has 0 saturated heterocycles. The number of aromatic nitrogens is 2. The molecule has 0 fully saturated rings. The average Bonchev–Trinajstić information content (AvgIpc) is 3.57. The van der Waals surface area contributed by atoms with E-state index in [0.29, 0.717) is 11.3 Å². The third-order valence-corrected chi connectivity index (χ3v) is 8.15. The van der Waals surface area contributed by atoms with Crippen molar-refractivity contribution in [3.8, 4) is 28.6 Å². The van der Waals surface area contributed by atoms with Gasteiger partial charge in [-0.05, 0) is 59.7 Å². The van der Waals surface area contributed by atoms with Crippen molar-refractivity contribution in [2.75, 3.05) is 0 Å². The first-order valence-corrected chi connectivity index (χ1v) is 13.8. The van der Waals surface area contributed by atoms with Crippen LogP contribution in [0.15, 0.2) is 133 Å². The standard InChI is InChI=1S/C38H22N4/c1-40-28-19-17-26(18-20-28)27-8-6-9-29(23-27)41-34-13-4-2-10-30(34)32-12-7-15-37(38(32)41)42-35-14-5-3-11-31(35)33-22-25(24-39)16-21-36(33)42/h2-23H. The van der Waals surface area contributed by atoms with E-state index >= 15 is 0 Å². The van der Waals surface area contributed by atoms with Gasteiger partial charge in [-0.1, -0.05) is 84.9 Å². The molecule has 0 N–H and O–H groups in total. The zero-order valence-corrected chi connectivity index (χ0v) is 22.5. The SMILES string of the molecule is [C-]#[N+]c1ccc(-c2cccc(-n3c4ccccc4c4cccc(-n5c6ccccc6c6cc(C#N)ccc65)c43)c2)cc1. The average molecular weight is 535 g/mol. The van der Waals surface area contributed by atoms with Gasteiger partial charge in [0.05, 0.1) is 46.0 Å². The van der Waals surface area contributed by atoms with E-state index in [-0.39, 0.29) is 0 Å². The van der Waals surface area contributed by atoms with E-state index < -0.39 is 0 Å². The molecular formula is C38H22N4. The monoisotopic (exact) mass is 534 g/mol. The second kappa shape index (κ2) is 9.24. The van der Waals surface area contributed by atoms with Crippen LogP contribution < -0.4 is 0 Å². The molecule has 8 aromatic rings. The van der Waals surface area contributed by atoms with Gasteiger partial charge in [0.25, 0.3) is 0 Å². The Kier molecular flexibility index (Phi) is 5.22. The molecule has 6 aromatic carbocycles. The summed E-state index contributed by atoms with van der Waals surface area (Å²) in [6.07, 6.45) is 0. The van der Waals surface area contributed by atoms with E-state index in [1.807, 2.05) is 36.4 Å². The Bertz CT molecular complexity index is 2430. The molecule has 0 saturated carbocycles. The number of benzene rings is 6. The molecule has 0 radical (unpaired) electrons. The summed E-state index contributed by atoms with van der Waals surface area (Å²) in [4.78, 5) is 3.55. The predicted octanol–water partition coefficient (Wildman–Crippen LogP) is 9.97. The molecule has 0 spiro atoms. The second-order valence-corrected chi connectivity index (χ2v) is 10.4. The van der Waals surface area contributed by atoms with Crippen LogP contribution in [0.4, 0.5) is 5.69 Å². The Labute approximate surface area is 242 Å². The lowest BCUT2D eigenvalue weighted by Gasteiger charge is -2.15. The molecular weight excluding hydrogens is 512 g/mol. The molecule has 0 aliphatic heterocycles. The summed E-state index contributed by atoms with van der Waals surface area (Å²) in [6, 6.07) is 48.1. The van der Waals surface area contributed by atoms with Crippen molar-refractivity contribution >= 4 is 49.3 Å². The maximum absolute atomic E-state index is 9.64. The van der Waals surface area contributed by atoms with Gasteiger partial charge in [0, 0.05) is 27.2 Å². The van der Waals surface area contributed by atoms with Crippen molar-refractivity contribution < 1.29 is 0 Å². The van der Waals surface area contributed by atoms with Gasteiger partial charge in [-0.15, -0.1) is 0 Å². The molecule has 4 nitrogen and oxygen atoms in total. The largest absolute Gasteiger partial charge is 0.307 e. The maximum Gasteiger partial charge on any atom is 0.187 e. The summed E-state index contributed by atoms with van der Waals surface area (Å²) in [5.74, 6) is 0. The van der Waals surface area contributed by atoms with E-state index in [1.54, 1.807) is 0 Å². The van der Waals surface area contributed by atoms with Crippen LogP contribution in [0.25, 0.3) is 71.0 Å². The highest BCUT2D eigenvalue weighted by atomic mass is 15.1. The molecule has 4 heteroatoms. The molecule has 0 aliphatic carbocycles. The van der Waals surface area contributed by atoms with Gasteiger partial charge in [-0.25, -0.2) is 4.85 Å². The summed E-state index contributed by atoms with van der Waals surface area (Å²) >= 11 is 0. The Hall–Kier alpha value is -6.10. The Morgan fingerprint density at radius 3 is 1.98 bits per heavy atom. The van der Waals surface area contributed by atoms with Crippen molar-refractivity contribution in [2.24, 2.45) is 0 Å². The summed E-state index contributed by atoms with van der Waals surface area (Å²) in [5, 5.41) is 14.2. The maximum atomic E-state index is 9.64. The highest BCUT2D eigenvalue weighted by molar-refractivity contribution is 6.15. The van der Waals surface area contributed by atoms with Crippen LogP contribution in [-0.4, -0.2) is 9.13 Å². The third-order valence-electron chi connectivity index (χ3n) is 8.15. The van der Waals surface area contributed by atoms with Crippen molar-refractivity contribution in [1.29, 1.82) is 5.26 Å². The van der Waals surface area contributed by atoms with Crippen LogP contribution in [0.2, 0.25) is 0 Å². The van der Waals surface area contributed by atoms with E-state index in [0.717, 1.165) is 55.3 Å². The first-order chi connectivity index (χ1) is 20.7. The zero-order valence-electron chi connectivity index (χ0n) is 22.5. The molecule has 2 heterocycles. The number of hydrogen-bond donors (Lipinski definition) is 0. The minimum atomic E-state index is 0.634. The molecule has 42 heavy (non-hydrogen) atoms. The van der Waals surface area contributed by atoms with E-state index in [4.69, 9.17) is 6.57 Å². The molecule has 0 aliphatic rings. The number of rotatable bonds is 3. The Morgan fingerprint density at radius 1 is 0.548 bits per heavy atom. The Morgan fingerprint density at radius 2 is 1.21 bits per heavy atom. The van der Waals surface area contributed by atoms with Crippen LogP contribution in [0.5, 0.6) is 0 Å². The van der Waals surface area contributed by atoms with Gasteiger partial charge in [-0.3, -0.25) is 0 Å². The number of hydrogen-bond acceptors (Lipinski definition) is 1. The fourth-order valence-electron chi connectivity index (χ4n) is 6.30. The molecule has 8 rings (SSSR count). The normalized spacial score (nSPS) is 11.3. The van der Waals surface area contributed by atoms with Gasteiger partial charge in [0.15, 0.2) is 5.69 Å². The first kappa shape index (κ1) is 23.8. The molecule has 2 aromatic heterocycles. The van der Waals surface area contributed by atoms with Gasteiger partial charge < -0.3 is 9.13 Å². The fourth-order valence-corrected chi connectivity index (χ4v) is 6.30. The smallest absolute Gasteiger partial charge is 0.187 e. The lowest BCUT2D eigenvalue weighted by atomic mass is 10.0. The van der Waals surface area contributed by atoms with Gasteiger partial charge in [0.2, 0.25) is 0 Å². The summed E-state index contributed by atoms with van der Waals surface area (Å²) < 4.78 is 4.69. The van der Waals surface area contributed by atoms with E-state index in [2.05, 4.69) is 117 Å². The molecule has 0 unspecified atom stereocenters. The second-order valence-electron chi connectivity index (χ2n) is 10.4. The summed E-state index contributed by atoms with van der Waals surface area (Å²) in [6.45, 7) is 7.31. The highest BCUT2D eigenvalue weighted by Crippen LogP contribution is 2.40. The topological polar surface area (TPSA) is 38.0 Å². The number of nitrogens with zero attached hydrogens (tertiary/aromatic N) is 4. The zero-order chi connectivity index (χ0) is 28.2. The quantitative estimate of drug-likeness (QED) is 0.208. The fraction of sp³-hybridized carbons (Fsp3) is 0. The lowest BCUT2D eigenvalue weighted by molar-refractivity contribution is 1.13. The highest BCUT2D eigenvalue weighted by Gasteiger charge is 2.20. The van der Waals surface area contributed by atoms with Crippen LogP contribution in [-0.2, 0) is 0 Å². The molecule has 0 bridgehead atoms. The van der Waals surface area contributed by atoms with Crippen molar-refractivity contribution in [3.05, 3.63) is 150 Å². The Balaban J connectivity index is 1.47. The lowest BCUT2D eigenvalue weighted by Crippen LogP contribution is -2.00. The predicted molar refractivity (Wildman–Crippen MR) is 172 cm³/mol. The minimum absolute atomic E-state index is 0.634. The van der Waals surface area contributed by atoms with Crippen molar-refractivity contribution in [3.63, 3.8) is 0 Å². The van der Waals surface area contributed by atoms with Gasteiger partial charge in [-0.2, -0.15) is 5.26 Å². The van der Waals surface area contributed by atoms with Gasteiger partial charge in [0.1, 0.15) is 0 Å². The molecule has 194 valence electrons. The van der Waals surface area contributed by atoms with E-state index in [9.17, 15) is 5.26 Å². The van der Waals surface area contributed by atoms with Crippen molar-refractivity contribution in [1.82, 2.24) is 9.13 Å². The van der Waals surface area contributed by atoms with Crippen LogP contribution >= 0.6 is 0 Å². The van der Waals surface area contributed by atoms with Gasteiger partial charge >= 0.3 is 0 Å². The summed E-state index contributed by atoms with van der Waals surface area (Å²) in [5.41, 5.74) is 10.00. The van der Waals surface area contributed by atoms with Crippen LogP contribution in [0.1, 0.15) is 5.56 Å². The minimum Gasteiger partial charge on any atom is -0.307 e. The van der Waals surface area contributed by atoms with Crippen molar-refractivity contribution in [2.45, 2.75) is 0 Å². The number of nitriles is 1. The molecule has 0 atom stereocenters. The van der Waals surface area contributed by atoms with Crippen LogP contribution in [0.3, 0.4) is 0 Å². The number of para-hydroxylation sites is 3. The van der Waals surface area contributed by atoms with E-state index in [1.165, 1.54) is 10.8 Å². The van der Waals surface area contributed by atoms with Crippen LogP contribution in [0, 0.1) is 17.9 Å². The third kappa shape index (κ3) is 3.47. The first-order valence-electron chi connectivity index (χ1n) is 13.8. The molecule has 0 amide bonds.